The summed E-state index contributed by atoms with van der Waals surface area (Å²) >= 11 is 6.15. The van der Waals surface area contributed by atoms with Crippen LogP contribution in [-0.2, 0) is 17.8 Å². The van der Waals surface area contributed by atoms with Gasteiger partial charge in [-0.1, -0.05) is 29.8 Å². The summed E-state index contributed by atoms with van der Waals surface area (Å²) in [5, 5.41) is 7.02. The standard InChI is InChI=1S/C18H22ClN3O3.HI/c1-4-20-18(21-10-13-7-5-6-8-16(13)19)22-11-14-9-15(12(2)25-14)17(23)24-3;/h5-9H,4,10-11H2,1-3H3,(H2,20,21,22);1H. The molecule has 0 aliphatic carbocycles. The Labute approximate surface area is 175 Å². The summed E-state index contributed by atoms with van der Waals surface area (Å²) in [6.45, 7) is 5.29. The number of aryl methyl sites for hydroxylation is 1. The molecule has 1 heterocycles. The molecule has 2 rings (SSSR count). The Morgan fingerprint density at radius 3 is 2.69 bits per heavy atom. The van der Waals surface area contributed by atoms with Crippen molar-refractivity contribution in [2.24, 2.45) is 4.99 Å². The Kier molecular flexibility index (Phi) is 9.50. The van der Waals surface area contributed by atoms with Gasteiger partial charge in [-0.05, 0) is 31.5 Å². The van der Waals surface area contributed by atoms with E-state index in [4.69, 9.17) is 20.8 Å². The number of aliphatic imine (C=N–C) groups is 1. The molecule has 0 unspecified atom stereocenters. The molecular formula is C18H23ClIN3O3. The first-order valence-electron chi connectivity index (χ1n) is 7.98. The summed E-state index contributed by atoms with van der Waals surface area (Å²) in [6.07, 6.45) is 0. The molecule has 0 spiro atoms. The van der Waals surface area contributed by atoms with Crippen LogP contribution >= 0.6 is 35.6 Å². The molecule has 6 nitrogen and oxygen atoms in total. The zero-order valence-electron chi connectivity index (χ0n) is 15.0. The third-order valence-electron chi connectivity index (χ3n) is 3.51. The Hall–Kier alpha value is -1.74. The number of ether oxygens (including phenoxy) is 1. The molecule has 0 aliphatic rings. The van der Waals surface area contributed by atoms with Crippen LogP contribution in [0.3, 0.4) is 0 Å². The lowest BCUT2D eigenvalue weighted by atomic mass is 10.2. The molecule has 1 aromatic heterocycles. The molecule has 0 bridgehead atoms. The predicted octanol–water partition coefficient (Wildman–Crippen LogP) is 3.90. The van der Waals surface area contributed by atoms with E-state index in [0.717, 1.165) is 12.1 Å². The number of halogens is 2. The summed E-state index contributed by atoms with van der Waals surface area (Å²) in [5.41, 5.74) is 1.38. The van der Waals surface area contributed by atoms with Gasteiger partial charge in [0.2, 0.25) is 0 Å². The second-order valence-corrected chi connectivity index (χ2v) is 5.72. The zero-order chi connectivity index (χ0) is 18.2. The van der Waals surface area contributed by atoms with E-state index in [9.17, 15) is 4.79 Å². The molecule has 0 saturated carbocycles. The summed E-state index contributed by atoms with van der Waals surface area (Å²) in [7, 11) is 1.34. The van der Waals surface area contributed by atoms with Crippen LogP contribution in [0.1, 0.15) is 34.4 Å². The van der Waals surface area contributed by atoms with E-state index in [1.54, 1.807) is 13.0 Å². The minimum atomic E-state index is -0.410. The monoisotopic (exact) mass is 491 g/mol. The molecule has 0 aliphatic heterocycles. The van der Waals surface area contributed by atoms with E-state index in [0.29, 0.717) is 41.2 Å². The Bertz CT molecular complexity index is 762. The van der Waals surface area contributed by atoms with Crippen LogP contribution in [-0.4, -0.2) is 25.6 Å². The van der Waals surface area contributed by atoms with Crippen LogP contribution in [0.15, 0.2) is 39.7 Å². The fourth-order valence-corrected chi connectivity index (χ4v) is 2.44. The van der Waals surface area contributed by atoms with Crippen LogP contribution in [0, 0.1) is 6.92 Å². The normalized spacial score (nSPS) is 10.8. The van der Waals surface area contributed by atoms with E-state index >= 15 is 0 Å². The van der Waals surface area contributed by atoms with Gasteiger partial charge in [0.1, 0.15) is 17.1 Å². The lowest BCUT2D eigenvalue weighted by Gasteiger charge is -2.10. The highest BCUT2D eigenvalue weighted by Gasteiger charge is 2.15. The van der Waals surface area contributed by atoms with Gasteiger partial charge < -0.3 is 19.8 Å². The highest BCUT2D eigenvalue weighted by atomic mass is 127. The number of benzene rings is 1. The Balaban J connectivity index is 0.00000338. The van der Waals surface area contributed by atoms with Gasteiger partial charge in [-0.15, -0.1) is 24.0 Å². The molecule has 142 valence electrons. The summed E-state index contributed by atoms with van der Waals surface area (Å²) < 4.78 is 10.3. The fraction of sp³-hybridized carbons (Fsp3) is 0.333. The van der Waals surface area contributed by atoms with E-state index in [1.807, 2.05) is 31.2 Å². The first-order valence-corrected chi connectivity index (χ1v) is 8.36. The molecule has 2 aromatic rings. The van der Waals surface area contributed by atoms with Gasteiger partial charge in [0, 0.05) is 11.6 Å². The van der Waals surface area contributed by atoms with Gasteiger partial charge in [0.15, 0.2) is 5.96 Å². The van der Waals surface area contributed by atoms with Crippen molar-refractivity contribution in [2.45, 2.75) is 26.9 Å². The SMILES string of the molecule is CCNC(=NCc1ccccc1Cl)NCc1cc(C(=O)OC)c(C)o1.I. The minimum Gasteiger partial charge on any atom is -0.465 e. The number of rotatable bonds is 6. The number of nitrogens with one attached hydrogen (secondary N) is 2. The third-order valence-corrected chi connectivity index (χ3v) is 3.88. The van der Waals surface area contributed by atoms with Crippen LogP contribution in [0.2, 0.25) is 5.02 Å². The first-order chi connectivity index (χ1) is 12.0. The van der Waals surface area contributed by atoms with Crippen molar-refractivity contribution >= 4 is 47.5 Å². The molecular weight excluding hydrogens is 469 g/mol. The number of hydrogen-bond acceptors (Lipinski definition) is 4. The Morgan fingerprint density at radius 2 is 2.04 bits per heavy atom. The molecule has 0 radical (unpaired) electrons. The molecule has 2 N–H and O–H groups in total. The van der Waals surface area contributed by atoms with Gasteiger partial charge >= 0.3 is 5.97 Å². The van der Waals surface area contributed by atoms with Crippen molar-refractivity contribution in [1.29, 1.82) is 0 Å². The van der Waals surface area contributed by atoms with E-state index in [-0.39, 0.29) is 24.0 Å². The minimum absolute atomic E-state index is 0. The molecule has 26 heavy (non-hydrogen) atoms. The maximum Gasteiger partial charge on any atom is 0.341 e. The van der Waals surface area contributed by atoms with Crippen molar-refractivity contribution in [2.75, 3.05) is 13.7 Å². The lowest BCUT2D eigenvalue weighted by Crippen LogP contribution is -2.36. The van der Waals surface area contributed by atoms with Crippen molar-refractivity contribution in [1.82, 2.24) is 10.6 Å². The van der Waals surface area contributed by atoms with Crippen LogP contribution in [0.25, 0.3) is 0 Å². The molecule has 8 heteroatoms. The van der Waals surface area contributed by atoms with Gasteiger partial charge in [-0.25, -0.2) is 9.79 Å². The average molecular weight is 492 g/mol. The van der Waals surface area contributed by atoms with E-state index in [2.05, 4.69) is 15.6 Å². The smallest absolute Gasteiger partial charge is 0.341 e. The average Bonchev–Trinajstić information content (AvgIpc) is 2.98. The van der Waals surface area contributed by atoms with E-state index < -0.39 is 5.97 Å². The second-order valence-electron chi connectivity index (χ2n) is 5.31. The van der Waals surface area contributed by atoms with Crippen molar-refractivity contribution in [3.63, 3.8) is 0 Å². The van der Waals surface area contributed by atoms with Crippen molar-refractivity contribution in [3.05, 3.63) is 58.0 Å². The largest absolute Gasteiger partial charge is 0.465 e. The van der Waals surface area contributed by atoms with Crippen molar-refractivity contribution < 1.29 is 13.9 Å². The van der Waals surface area contributed by atoms with Crippen LogP contribution in [0.4, 0.5) is 0 Å². The molecule has 0 amide bonds. The number of methoxy groups -OCH3 is 1. The molecule has 0 fully saturated rings. The number of furan rings is 1. The highest BCUT2D eigenvalue weighted by molar-refractivity contribution is 14.0. The molecule has 0 atom stereocenters. The number of hydrogen-bond donors (Lipinski definition) is 2. The summed E-state index contributed by atoms with van der Waals surface area (Å²) in [6, 6.07) is 9.26. The van der Waals surface area contributed by atoms with Gasteiger partial charge in [0.25, 0.3) is 0 Å². The number of esters is 1. The summed E-state index contributed by atoms with van der Waals surface area (Å²) in [5.74, 6) is 1.38. The number of nitrogens with zero attached hydrogens (tertiary/aromatic N) is 1. The quantitative estimate of drug-likeness (QED) is 0.277. The zero-order valence-corrected chi connectivity index (χ0v) is 18.1. The topological polar surface area (TPSA) is 75.9 Å². The van der Waals surface area contributed by atoms with Gasteiger partial charge in [-0.3, -0.25) is 0 Å². The first kappa shape index (κ1) is 22.3. The van der Waals surface area contributed by atoms with Gasteiger partial charge in [-0.2, -0.15) is 0 Å². The second kappa shape index (κ2) is 11.1. The maximum atomic E-state index is 11.6. The molecule has 1 aromatic carbocycles. The highest BCUT2D eigenvalue weighted by Crippen LogP contribution is 2.16. The number of guanidine groups is 1. The van der Waals surface area contributed by atoms with Gasteiger partial charge in [0.05, 0.1) is 20.2 Å². The lowest BCUT2D eigenvalue weighted by molar-refractivity contribution is 0.0599. The third kappa shape index (κ3) is 6.21. The fourth-order valence-electron chi connectivity index (χ4n) is 2.25. The number of carbonyl (C=O) groups excluding carboxylic acids is 1. The Morgan fingerprint density at radius 1 is 1.31 bits per heavy atom. The molecule has 0 saturated heterocycles. The summed E-state index contributed by atoms with van der Waals surface area (Å²) in [4.78, 5) is 16.1. The van der Waals surface area contributed by atoms with Crippen LogP contribution < -0.4 is 10.6 Å². The number of carbonyl (C=O) groups is 1. The van der Waals surface area contributed by atoms with E-state index in [1.165, 1.54) is 7.11 Å². The maximum absolute atomic E-state index is 11.6. The predicted molar refractivity (Wildman–Crippen MR) is 113 cm³/mol. The van der Waals surface area contributed by atoms with Crippen molar-refractivity contribution in [3.8, 4) is 0 Å². The van der Waals surface area contributed by atoms with Crippen LogP contribution in [0.5, 0.6) is 0 Å².